The number of H-pyrrole nitrogens is 1. The van der Waals surface area contributed by atoms with Crippen LogP contribution in [0, 0.1) is 0 Å². The lowest BCUT2D eigenvalue weighted by atomic mass is 10.2. The molecule has 92 valence electrons. The van der Waals surface area contributed by atoms with Gasteiger partial charge in [-0.15, -0.1) is 0 Å². The average molecular weight is 249 g/mol. The number of pyridine rings is 1. The van der Waals surface area contributed by atoms with Crippen molar-refractivity contribution in [2.75, 3.05) is 0 Å². The van der Waals surface area contributed by atoms with Crippen molar-refractivity contribution >= 4 is 21.9 Å². The van der Waals surface area contributed by atoms with Gasteiger partial charge in [0.1, 0.15) is 0 Å². The molecule has 0 aliphatic heterocycles. The van der Waals surface area contributed by atoms with Crippen LogP contribution in [0.15, 0.2) is 61.3 Å². The largest absolute Gasteiger partial charge is 0.343 e. The topological polar surface area (TPSA) is 67.3 Å². The predicted molar refractivity (Wildman–Crippen MR) is 73.4 cm³/mol. The first-order chi connectivity index (χ1) is 9.43. The van der Waals surface area contributed by atoms with Crippen molar-refractivity contribution in [2.45, 2.75) is 0 Å². The smallest absolute Gasteiger partial charge is 0.0932 e. The second kappa shape index (κ2) is 5.22. The van der Waals surface area contributed by atoms with Crippen molar-refractivity contribution in [3.63, 3.8) is 0 Å². The van der Waals surface area contributed by atoms with Gasteiger partial charge in [0, 0.05) is 11.6 Å². The summed E-state index contributed by atoms with van der Waals surface area (Å²) in [6.45, 7) is 0. The van der Waals surface area contributed by atoms with E-state index in [2.05, 4.69) is 25.1 Å². The number of aromatic amines is 1. The summed E-state index contributed by atoms with van der Waals surface area (Å²) >= 11 is 0. The van der Waals surface area contributed by atoms with Crippen molar-refractivity contribution in [3.8, 4) is 0 Å². The monoisotopic (exact) mass is 249 g/mol. The molecular formula is C14H11N5. The number of nitrogens with one attached hydrogen (secondary N) is 1. The summed E-state index contributed by atoms with van der Waals surface area (Å²) in [6.07, 6.45) is 6.83. The number of nitrogens with zero attached hydrogens (tertiary/aromatic N) is 4. The van der Waals surface area contributed by atoms with Gasteiger partial charge in [0.05, 0.1) is 35.3 Å². The van der Waals surface area contributed by atoms with E-state index in [4.69, 9.17) is 0 Å². The van der Waals surface area contributed by atoms with Gasteiger partial charge in [0.2, 0.25) is 0 Å². The molecule has 0 atom stereocenters. The molecule has 0 aliphatic rings. The van der Waals surface area contributed by atoms with Crippen LogP contribution in [0.3, 0.4) is 0 Å². The number of aromatic nitrogens is 5. The van der Waals surface area contributed by atoms with Crippen LogP contribution in [0.25, 0.3) is 21.9 Å². The molecule has 0 amide bonds. The van der Waals surface area contributed by atoms with Gasteiger partial charge in [-0.05, 0) is 18.2 Å². The summed E-state index contributed by atoms with van der Waals surface area (Å²) in [5.41, 5.74) is 2.90. The number of imidazole rings is 1. The van der Waals surface area contributed by atoms with Crippen LogP contribution in [-0.4, -0.2) is 25.1 Å². The first-order valence-corrected chi connectivity index (χ1v) is 5.83. The molecule has 1 N–H and O–H groups in total. The molecule has 0 radical (unpaired) electrons. The van der Waals surface area contributed by atoms with Gasteiger partial charge >= 0.3 is 0 Å². The van der Waals surface area contributed by atoms with Gasteiger partial charge in [-0.3, -0.25) is 4.98 Å². The van der Waals surface area contributed by atoms with Gasteiger partial charge in [0.15, 0.2) is 0 Å². The average Bonchev–Trinajstić information content (AvgIpc) is 2.96. The second-order valence-corrected chi connectivity index (χ2v) is 3.89. The molecule has 3 heterocycles. The van der Waals surface area contributed by atoms with Gasteiger partial charge in [-0.2, -0.15) is 10.2 Å². The molecule has 0 saturated heterocycles. The van der Waals surface area contributed by atoms with Crippen LogP contribution in [0.1, 0.15) is 0 Å². The zero-order chi connectivity index (χ0) is 12.9. The highest BCUT2D eigenvalue weighted by atomic mass is 15.1. The third kappa shape index (κ3) is 2.55. The highest BCUT2D eigenvalue weighted by Gasteiger charge is 1.89. The quantitative estimate of drug-likeness (QED) is 0.520. The molecule has 0 saturated carbocycles. The Morgan fingerprint density at radius 1 is 0.895 bits per heavy atom. The van der Waals surface area contributed by atoms with Crippen molar-refractivity contribution in [1.29, 1.82) is 0 Å². The number of benzene rings is 1. The maximum atomic E-state index is 4.02. The molecular weight excluding hydrogens is 238 g/mol. The van der Waals surface area contributed by atoms with E-state index in [1.54, 1.807) is 24.9 Å². The summed E-state index contributed by atoms with van der Waals surface area (Å²) < 4.78 is 0. The van der Waals surface area contributed by atoms with Gasteiger partial charge in [0.25, 0.3) is 0 Å². The van der Waals surface area contributed by atoms with Gasteiger partial charge in [-0.1, -0.05) is 18.2 Å². The molecule has 0 aliphatic carbocycles. The molecule has 19 heavy (non-hydrogen) atoms. The van der Waals surface area contributed by atoms with Gasteiger partial charge in [-0.25, -0.2) is 4.98 Å². The summed E-state index contributed by atoms with van der Waals surface area (Å²) in [7, 11) is 0. The Morgan fingerprint density at radius 3 is 2.74 bits per heavy atom. The molecule has 0 spiro atoms. The fourth-order valence-corrected chi connectivity index (χ4v) is 1.71. The van der Waals surface area contributed by atoms with Crippen molar-refractivity contribution in [2.24, 2.45) is 0 Å². The minimum absolute atomic E-state index is 0.949. The van der Waals surface area contributed by atoms with Crippen molar-refractivity contribution in [1.82, 2.24) is 25.1 Å². The summed E-state index contributed by atoms with van der Waals surface area (Å²) in [6, 6.07) is 11.7. The highest BCUT2D eigenvalue weighted by Crippen LogP contribution is 2.06. The van der Waals surface area contributed by atoms with Crippen LogP contribution < -0.4 is 0 Å². The predicted octanol–water partition coefficient (Wildman–Crippen LogP) is 2.59. The number of hydrogen-bond donors (Lipinski definition) is 1. The SMILES string of the molecule is c1cc2nc[nH]c2cn1.c1ccc2nnccc2c1. The second-order valence-electron chi connectivity index (χ2n) is 3.89. The fraction of sp³-hybridized carbons (Fsp3) is 0. The van der Waals surface area contributed by atoms with Crippen LogP contribution in [0.2, 0.25) is 0 Å². The maximum absolute atomic E-state index is 4.02. The van der Waals surface area contributed by atoms with E-state index in [0.29, 0.717) is 0 Å². The van der Waals surface area contributed by atoms with Crippen LogP contribution in [-0.2, 0) is 0 Å². The molecule has 0 unspecified atom stereocenters. The van der Waals surface area contributed by atoms with E-state index in [1.165, 1.54) is 0 Å². The Bertz CT molecular complexity index is 698. The summed E-state index contributed by atoms with van der Waals surface area (Å²) in [4.78, 5) is 10.9. The zero-order valence-corrected chi connectivity index (χ0v) is 10.1. The Balaban J connectivity index is 0.000000117. The highest BCUT2D eigenvalue weighted by molar-refractivity contribution is 5.77. The lowest BCUT2D eigenvalue weighted by molar-refractivity contribution is 1.08. The maximum Gasteiger partial charge on any atom is 0.0932 e. The lowest BCUT2D eigenvalue weighted by Gasteiger charge is -1.90. The van der Waals surface area contributed by atoms with E-state index in [1.807, 2.05) is 36.4 Å². The first kappa shape index (κ1) is 11.3. The lowest BCUT2D eigenvalue weighted by Crippen LogP contribution is -1.79. The van der Waals surface area contributed by atoms with E-state index in [9.17, 15) is 0 Å². The van der Waals surface area contributed by atoms with Crippen LogP contribution in [0.5, 0.6) is 0 Å². The summed E-state index contributed by atoms with van der Waals surface area (Å²) in [5, 5.41) is 8.83. The van der Waals surface area contributed by atoms with Crippen LogP contribution in [0.4, 0.5) is 0 Å². The van der Waals surface area contributed by atoms with Gasteiger partial charge < -0.3 is 4.98 Å². The minimum atomic E-state index is 0.949. The molecule has 4 rings (SSSR count). The van der Waals surface area contributed by atoms with Crippen molar-refractivity contribution < 1.29 is 0 Å². The number of hydrogen-bond acceptors (Lipinski definition) is 4. The Hall–Kier alpha value is -2.82. The molecule has 4 aromatic rings. The third-order valence-electron chi connectivity index (χ3n) is 2.64. The zero-order valence-electron chi connectivity index (χ0n) is 10.1. The van der Waals surface area contributed by atoms with Crippen molar-refractivity contribution in [3.05, 3.63) is 61.3 Å². The Morgan fingerprint density at radius 2 is 1.84 bits per heavy atom. The standard InChI is InChI=1S/C8H6N2.C6H5N3/c1-2-4-8-7(3-1)5-6-9-10-8;1-2-7-3-6-5(1)8-4-9-6/h1-6H;1-4H,(H,8,9). The minimum Gasteiger partial charge on any atom is -0.343 e. The summed E-state index contributed by atoms with van der Waals surface area (Å²) in [5.74, 6) is 0. The molecule has 0 fully saturated rings. The van der Waals surface area contributed by atoms with E-state index in [0.717, 1.165) is 21.9 Å². The van der Waals surface area contributed by atoms with E-state index < -0.39 is 0 Å². The number of fused-ring (bicyclic) bond motifs is 2. The molecule has 1 aromatic carbocycles. The molecule has 5 heteroatoms. The van der Waals surface area contributed by atoms with E-state index in [-0.39, 0.29) is 0 Å². The van der Waals surface area contributed by atoms with E-state index >= 15 is 0 Å². The Labute approximate surface area is 109 Å². The molecule has 5 nitrogen and oxygen atoms in total. The number of rotatable bonds is 0. The molecule has 0 bridgehead atoms. The Kier molecular flexibility index (Phi) is 3.10. The molecule has 3 aromatic heterocycles. The fourth-order valence-electron chi connectivity index (χ4n) is 1.71. The third-order valence-corrected chi connectivity index (χ3v) is 2.64. The normalized spacial score (nSPS) is 10.1. The first-order valence-electron chi connectivity index (χ1n) is 5.83. The van der Waals surface area contributed by atoms with Crippen LogP contribution >= 0.6 is 0 Å².